The van der Waals surface area contributed by atoms with E-state index in [0.717, 1.165) is 11.1 Å². The minimum atomic E-state index is -0.821. The first-order chi connectivity index (χ1) is 9.27. The lowest BCUT2D eigenvalue weighted by molar-refractivity contribution is 0.0863. The minimum Gasteiger partial charge on any atom is -0.410 e. The van der Waals surface area contributed by atoms with Crippen LogP contribution in [0.1, 0.15) is 43.6 Å². The summed E-state index contributed by atoms with van der Waals surface area (Å²) < 4.78 is 11.4. The fraction of sp³-hybridized carbons (Fsp3) is 0.562. The van der Waals surface area contributed by atoms with E-state index < -0.39 is 9.04 Å². The van der Waals surface area contributed by atoms with Crippen LogP contribution in [-0.2, 0) is 15.8 Å². The molecule has 1 rings (SSSR count). The van der Waals surface area contributed by atoms with Crippen molar-refractivity contribution in [3.05, 3.63) is 34.9 Å². The van der Waals surface area contributed by atoms with E-state index in [0.29, 0.717) is 12.2 Å². The summed E-state index contributed by atoms with van der Waals surface area (Å²) in [6, 6.07) is 8.11. The Bertz CT molecular complexity index is 486. The molecule has 1 atom stereocenters. The standard InChI is InChI=1S/C16H24NO2Si/c1-16(2,3)15(19-20(5)6)14-8-12(10-17)7-13(9-14)11-18-4/h7-9,15H,11H2,1-6H3. The number of hydrogen-bond acceptors (Lipinski definition) is 3. The summed E-state index contributed by atoms with van der Waals surface area (Å²) in [6.07, 6.45) is -0.00436. The van der Waals surface area contributed by atoms with Crippen molar-refractivity contribution in [2.24, 2.45) is 5.41 Å². The van der Waals surface area contributed by atoms with Crippen molar-refractivity contribution in [3.8, 4) is 6.07 Å². The predicted molar refractivity (Wildman–Crippen MR) is 82.6 cm³/mol. The van der Waals surface area contributed by atoms with Gasteiger partial charge < -0.3 is 9.16 Å². The molecule has 0 aliphatic rings. The van der Waals surface area contributed by atoms with Gasteiger partial charge in [0.15, 0.2) is 0 Å². The molecule has 0 saturated heterocycles. The van der Waals surface area contributed by atoms with Gasteiger partial charge in [-0.2, -0.15) is 5.26 Å². The van der Waals surface area contributed by atoms with Crippen molar-refractivity contribution in [3.63, 3.8) is 0 Å². The van der Waals surface area contributed by atoms with Crippen LogP contribution in [0.4, 0.5) is 0 Å². The quantitative estimate of drug-likeness (QED) is 0.768. The van der Waals surface area contributed by atoms with Crippen LogP contribution in [0, 0.1) is 16.7 Å². The zero-order valence-electron chi connectivity index (χ0n) is 13.3. The molecular weight excluding hydrogens is 266 g/mol. The molecule has 4 heteroatoms. The van der Waals surface area contributed by atoms with E-state index in [1.54, 1.807) is 7.11 Å². The Hall–Kier alpha value is -1.15. The van der Waals surface area contributed by atoms with E-state index in [-0.39, 0.29) is 11.5 Å². The summed E-state index contributed by atoms with van der Waals surface area (Å²) in [5.74, 6) is 0. The molecule has 1 aromatic rings. The smallest absolute Gasteiger partial charge is 0.205 e. The van der Waals surface area contributed by atoms with Gasteiger partial charge in [-0.25, -0.2) is 0 Å². The van der Waals surface area contributed by atoms with Crippen molar-refractivity contribution in [1.82, 2.24) is 0 Å². The lowest BCUT2D eigenvalue weighted by atomic mass is 9.84. The van der Waals surface area contributed by atoms with Gasteiger partial charge in [-0.3, -0.25) is 0 Å². The Balaban J connectivity index is 3.25. The molecule has 0 fully saturated rings. The third-order valence-corrected chi connectivity index (χ3v) is 3.61. The average Bonchev–Trinajstić information content (AvgIpc) is 2.34. The highest BCUT2D eigenvalue weighted by molar-refractivity contribution is 6.48. The molecule has 0 heterocycles. The molecule has 3 nitrogen and oxygen atoms in total. The van der Waals surface area contributed by atoms with E-state index in [2.05, 4.69) is 46.0 Å². The maximum atomic E-state index is 9.20. The van der Waals surface area contributed by atoms with Crippen LogP contribution in [0.15, 0.2) is 18.2 Å². The van der Waals surface area contributed by atoms with E-state index in [4.69, 9.17) is 9.16 Å². The van der Waals surface area contributed by atoms with Crippen LogP contribution in [-0.4, -0.2) is 16.2 Å². The third kappa shape index (κ3) is 4.75. The summed E-state index contributed by atoms with van der Waals surface area (Å²) >= 11 is 0. The zero-order chi connectivity index (χ0) is 15.3. The van der Waals surface area contributed by atoms with Crippen molar-refractivity contribution in [1.29, 1.82) is 5.26 Å². The van der Waals surface area contributed by atoms with Gasteiger partial charge in [0.2, 0.25) is 9.04 Å². The Morgan fingerprint density at radius 3 is 2.35 bits per heavy atom. The Morgan fingerprint density at radius 1 is 1.25 bits per heavy atom. The Labute approximate surface area is 124 Å². The second-order valence-corrected chi connectivity index (χ2v) is 8.33. The molecule has 0 spiro atoms. The number of rotatable bonds is 5. The molecular formula is C16H24NO2Si. The number of nitriles is 1. The van der Waals surface area contributed by atoms with Gasteiger partial charge in [-0.15, -0.1) is 0 Å². The summed E-state index contributed by atoms with van der Waals surface area (Å²) in [4.78, 5) is 0. The number of benzene rings is 1. The van der Waals surface area contributed by atoms with E-state index in [9.17, 15) is 5.26 Å². The molecule has 0 saturated carbocycles. The molecule has 20 heavy (non-hydrogen) atoms. The monoisotopic (exact) mass is 290 g/mol. The second kappa shape index (κ2) is 7.03. The molecule has 0 N–H and O–H groups in total. The van der Waals surface area contributed by atoms with E-state index in [1.165, 1.54) is 0 Å². The molecule has 0 bridgehead atoms. The largest absolute Gasteiger partial charge is 0.410 e. The maximum Gasteiger partial charge on any atom is 0.205 e. The van der Waals surface area contributed by atoms with Crippen LogP contribution in [0.25, 0.3) is 0 Å². The molecule has 1 unspecified atom stereocenters. The minimum absolute atomic E-state index is 0.00436. The summed E-state index contributed by atoms with van der Waals surface area (Å²) in [5.41, 5.74) is 2.73. The van der Waals surface area contributed by atoms with Crippen molar-refractivity contribution >= 4 is 9.04 Å². The first kappa shape index (κ1) is 16.9. The average molecular weight is 290 g/mol. The van der Waals surface area contributed by atoms with Crippen LogP contribution in [0.3, 0.4) is 0 Å². The Morgan fingerprint density at radius 2 is 1.90 bits per heavy atom. The first-order valence-corrected chi connectivity index (χ1v) is 9.18. The highest BCUT2D eigenvalue weighted by Gasteiger charge is 2.28. The van der Waals surface area contributed by atoms with Crippen LogP contribution in [0.5, 0.6) is 0 Å². The van der Waals surface area contributed by atoms with E-state index >= 15 is 0 Å². The SMILES string of the molecule is COCc1cc(C#N)cc(C(O[Si](C)C)C(C)(C)C)c1. The van der Waals surface area contributed by atoms with Crippen LogP contribution in [0.2, 0.25) is 13.1 Å². The summed E-state index contributed by atoms with van der Waals surface area (Å²) in [5, 5.41) is 9.20. The normalized spacial score (nSPS) is 13.3. The molecule has 0 aromatic heterocycles. The highest BCUT2D eigenvalue weighted by atomic mass is 28.3. The van der Waals surface area contributed by atoms with Crippen molar-refractivity contribution < 1.29 is 9.16 Å². The van der Waals surface area contributed by atoms with Crippen molar-refractivity contribution in [2.75, 3.05) is 7.11 Å². The first-order valence-electron chi connectivity index (χ1n) is 6.77. The van der Waals surface area contributed by atoms with Gasteiger partial charge in [-0.05, 0) is 41.8 Å². The van der Waals surface area contributed by atoms with Crippen LogP contribution >= 0.6 is 0 Å². The molecule has 0 aliphatic carbocycles. The van der Waals surface area contributed by atoms with Gasteiger partial charge in [0.05, 0.1) is 24.3 Å². The molecule has 109 valence electrons. The predicted octanol–water partition coefficient (Wildman–Crippen LogP) is 4.06. The lowest BCUT2D eigenvalue weighted by Gasteiger charge is -2.33. The van der Waals surface area contributed by atoms with Gasteiger partial charge in [-0.1, -0.05) is 26.8 Å². The zero-order valence-corrected chi connectivity index (χ0v) is 14.3. The second-order valence-electron chi connectivity index (χ2n) is 6.28. The number of hydrogen-bond donors (Lipinski definition) is 0. The fourth-order valence-corrected chi connectivity index (χ4v) is 3.13. The van der Waals surface area contributed by atoms with Gasteiger partial charge in [0.25, 0.3) is 0 Å². The van der Waals surface area contributed by atoms with Crippen LogP contribution < -0.4 is 0 Å². The summed E-state index contributed by atoms with van der Waals surface area (Å²) in [6.45, 7) is 11.3. The number of methoxy groups -OCH3 is 1. The highest BCUT2D eigenvalue weighted by Crippen LogP contribution is 2.37. The molecule has 0 amide bonds. The summed E-state index contributed by atoms with van der Waals surface area (Å²) in [7, 11) is 0.841. The Kier molecular flexibility index (Phi) is 5.94. The maximum absolute atomic E-state index is 9.20. The van der Waals surface area contributed by atoms with Gasteiger partial charge in [0.1, 0.15) is 0 Å². The van der Waals surface area contributed by atoms with Gasteiger partial charge >= 0.3 is 0 Å². The fourth-order valence-electron chi connectivity index (χ4n) is 2.16. The molecule has 0 aliphatic heterocycles. The number of nitrogens with zero attached hydrogens (tertiary/aromatic N) is 1. The molecule has 1 aromatic carbocycles. The van der Waals surface area contributed by atoms with E-state index in [1.807, 2.05) is 12.1 Å². The lowest BCUT2D eigenvalue weighted by Crippen LogP contribution is -2.26. The third-order valence-electron chi connectivity index (χ3n) is 2.90. The topological polar surface area (TPSA) is 42.2 Å². The number of ether oxygens (including phenoxy) is 1. The molecule has 1 radical (unpaired) electrons. The van der Waals surface area contributed by atoms with Gasteiger partial charge in [0, 0.05) is 7.11 Å². The van der Waals surface area contributed by atoms with Crippen molar-refractivity contribution in [2.45, 2.75) is 46.6 Å².